The van der Waals surface area contributed by atoms with Crippen molar-refractivity contribution in [3.63, 3.8) is 0 Å². The normalized spacial score (nSPS) is 11.3. The molecule has 0 aliphatic heterocycles. The summed E-state index contributed by atoms with van der Waals surface area (Å²) in [6.07, 6.45) is 19.0. The van der Waals surface area contributed by atoms with Gasteiger partial charge in [0.1, 0.15) is 32.3 Å². The van der Waals surface area contributed by atoms with Gasteiger partial charge in [-0.1, -0.05) is 139 Å². The fraction of sp³-hybridized carbons (Fsp3) is 0.429. The Morgan fingerprint density at radius 1 is 0.564 bits per heavy atom. The second-order valence-electron chi connectivity index (χ2n) is 13.4. The van der Waals surface area contributed by atoms with E-state index < -0.39 is 41.5 Å². The monoisotopic (exact) mass is 822 g/mol. The van der Waals surface area contributed by atoms with E-state index in [4.69, 9.17) is 9.47 Å². The molecule has 4 rings (SSSR count). The first-order chi connectivity index (χ1) is 25.8. The Balaban J connectivity index is 0.000000373. The molecule has 0 radical (unpaired) electrons. The average molecular weight is 823 g/mol. The summed E-state index contributed by atoms with van der Waals surface area (Å²) < 4.78 is 77.5. The van der Waals surface area contributed by atoms with Crippen LogP contribution in [0, 0.1) is 0 Å². The standard InChI is InChI=1S/2C21H28O5S.Ca/c2*1-2-3-4-5-6-7-8-11-17-12-9-13-18(16-17)26-21-19(22)14-10-15-20(21)27(23,24)25;/h2*9-10,12-16,22H,2-8,11H2,1H3,(H,23,24,25);/q;;+2/p-2. The van der Waals surface area contributed by atoms with Gasteiger partial charge in [-0.25, -0.2) is 8.42 Å². The number of aromatic hydroxyl groups is 1. The Bertz CT molecular complexity index is 1810. The van der Waals surface area contributed by atoms with E-state index in [1.54, 1.807) is 24.3 Å². The molecule has 0 saturated carbocycles. The molecule has 13 heteroatoms. The summed E-state index contributed by atoms with van der Waals surface area (Å²) in [7, 11) is -9.29. The summed E-state index contributed by atoms with van der Waals surface area (Å²) in [6, 6.07) is 21.9. The van der Waals surface area contributed by atoms with Crippen LogP contribution in [0.2, 0.25) is 0 Å². The van der Waals surface area contributed by atoms with Crippen molar-refractivity contribution in [3.05, 3.63) is 96.1 Å². The molecule has 0 fully saturated rings. The molecule has 296 valence electrons. The van der Waals surface area contributed by atoms with Gasteiger partial charge < -0.3 is 24.2 Å². The Labute approximate surface area is 357 Å². The first-order valence-corrected chi connectivity index (χ1v) is 21.8. The molecule has 0 bridgehead atoms. The van der Waals surface area contributed by atoms with Crippen LogP contribution < -0.4 is 14.6 Å². The van der Waals surface area contributed by atoms with Crippen LogP contribution in [-0.4, -0.2) is 68.8 Å². The predicted molar refractivity (Wildman–Crippen MR) is 214 cm³/mol. The molecule has 0 aliphatic carbocycles. The Morgan fingerprint density at radius 3 is 1.45 bits per heavy atom. The third-order valence-corrected chi connectivity index (χ3v) is 10.6. The van der Waals surface area contributed by atoms with Crippen LogP contribution in [0.3, 0.4) is 0 Å². The molecule has 0 spiro atoms. The third-order valence-electron chi connectivity index (χ3n) is 8.82. The maximum atomic E-state index is 12.0. The number of phenolic OH excluding ortho intramolecular Hbond substituents is 1. The van der Waals surface area contributed by atoms with Gasteiger partial charge in [0.25, 0.3) is 10.1 Å². The summed E-state index contributed by atoms with van der Waals surface area (Å²) in [6.45, 7) is 4.42. The number of rotatable bonds is 22. The molecular weight excluding hydrogens is 769 g/mol. The van der Waals surface area contributed by atoms with Crippen LogP contribution in [0.25, 0.3) is 0 Å². The SMILES string of the molecule is CCCCCCCCCc1cccc(Oc2c(O)cccc2S(=O)(=O)O)c1.CCCCCCCCCc1cccc(Oc2c([O-])cccc2S(=O)(=O)[O-])c1.[Ca+2]. The molecule has 0 unspecified atom stereocenters. The van der Waals surface area contributed by atoms with E-state index in [0.717, 1.165) is 49.3 Å². The number of benzene rings is 4. The van der Waals surface area contributed by atoms with Crippen molar-refractivity contribution in [1.29, 1.82) is 0 Å². The summed E-state index contributed by atoms with van der Waals surface area (Å²) >= 11 is 0. The zero-order chi connectivity index (χ0) is 39.4. The van der Waals surface area contributed by atoms with E-state index in [-0.39, 0.29) is 49.2 Å². The smallest absolute Gasteiger partial charge is 0.870 e. The molecular formula is C42H54CaO10S2. The third kappa shape index (κ3) is 17.9. The summed E-state index contributed by atoms with van der Waals surface area (Å²) in [5, 5.41) is 21.9. The van der Waals surface area contributed by atoms with Gasteiger partial charge in [0, 0.05) is 0 Å². The van der Waals surface area contributed by atoms with Crippen LogP contribution >= 0.6 is 0 Å². The quantitative estimate of drug-likeness (QED) is 0.0441. The summed E-state index contributed by atoms with van der Waals surface area (Å²) in [4.78, 5) is -1.09. The van der Waals surface area contributed by atoms with E-state index in [0.29, 0.717) is 11.5 Å². The van der Waals surface area contributed by atoms with Gasteiger partial charge in [0.05, 0.1) is 4.90 Å². The zero-order valence-corrected chi connectivity index (χ0v) is 35.9. The molecule has 0 aromatic heterocycles. The molecule has 2 N–H and O–H groups in total. The van der Waals surface area contributed by atoms with Crippen molar-refractivity contribution in [2.75, 3.05) is 0 Å². The zero-order valence-electron chi connectivity index (χ0n) is 32.1. The number of aryl methyl sites for hydroxylation is 2. The van der Waals surface area contributed by atoms with Gasteiger partial charge >= 0.3 is 37.7 Å². The maximum Gasteiger partial charge on any atom is 2.00 e. The Morgan fingerprint density at radius 2 is 0.982 bits per heavy atom. The fourth-order valence-corrected chi connectivity index (χ4v) is 7.19. The second-order valence-corrected chi connectivity index (χ2v) is 16.1. The number of unbranched alkanes of at least 4 members (excludes halogenated alkanes) is 12. The second kappa shape index (κ2) is 25.4. The maximum absolute atomic E-state index is 12.0. The minimum absolute atomic E-state index is 0. The van der Waals surface area contributed by atoms with Crippen molar-refractivity contribution in [2.45, 2.75) is 126 Å². The number of hydrogen-bond acceptors (Lipinski definition) is 9. The van der Waals surface area contributed by atoms with Crippen molar-refractivity contribution >= 4 is 58.0 Å². The van der Waals surface area contributed by atoms with Crippen molar-refractivity contribution in [1.82, 2.24) is 0 Å². The number of phenols is 1. The first-order valence-electron chi connectivity index (χ1n) is 18.9. The Hall–Kier alpha value is -2.84. The van der Waals surface area contributed by atoms with Gasteiger partial charge in [-0.3, -0.25) is 4.55 Å². The van der Waals surface area contributed by atoms with E-state index in [9.17, 15) is 36.2 Å². The minimum atomic E-state index is -4.79. The molecule has 4 aromatic rings. The number of hydrogen-bond donors (Lipinski definition) is 2. The van der Waals surface area contributed by atoms with Crippen LogP contribution in [0.15, 0.2) is 94.7 Å². The van der Waals surface area contributed by atoms with Crippen molar-refractivity contribution in [2.24, 2.45) is 0 Å². The van der Waals surface area contributed by atoms with Crippen molar-refractivity contribution < 1.29 is 45.6 Å². The fourth-order valence-electron chi connectivity index (χ4n) is 5.94. The van der Waals surface area contributed by atoms with Gasteiger partial charge in [-0.15, -0.1) is 0 Å². The topological polar surface area (TPSA) is 173 Å². The van der Waals surface area contributed by atoms with E-state index in [2.05, 4.69) is 13.8 Å². The van der Waals surface area contributed by atoms with Crippen LogP contribution in [0.4, 0.5) is 0 Å². The van der Waals surface area contributed by atoms with E-state index >= 15 is 0 Å². The van der Waals surface area contributed by atoms with Gasteiger partial charge in [-0.05, 0) is 79.3 Å². The van der Waals surface area contributed by atoms with Gasteiger partial charge in [0.2, 0.25) is 0 Å². The van der Waals surface area contributed by atoms with Gasteiger partial charge in [-0.2, -0.15) is 8.42 Å². The van der Waals surface area contributed by atoms with E-state index in [1.165, 1.54) is 101 Å². The van der Waals surface area contributed by atoms with Crippen LogP contribution in [0.5, 0.6) is 34.5 Å². The van der Waals surface area contributed by atoms with E-state index in [1.807, 2.05) is 24.3 Å². The van der Waals surface area contributed by atoms with Crippen LogP contribution in [0.1, 0.15) is 115 Å². The molecule has 0 heterocycles. The van der Waals surface area contributed by atoms with Crippen LogP contribution in [-0.2, 0) is 33.1 Å². The molecule has 4 aromatic carbocycles. The predicted octanol–water partition coefficient (Wildman–Crippen LogP) is 10.1. The molecule has 0 aliphatic rings. The average Bonchev–Trinajstić information content (AvgIpc) is 3.12. The largest absolute Gasteiger partial charge is 2.00 e. The molecule has 0 saturated heterocycles. The molecule has 0 amide bonds. The summed E-state index contributed by atoms with van der Waals surface area (Å²) in [5.41, 5.74) is 2.14. The summed E-state index contributed by atoms with van der Waals surface area (Å²) in [5.74, 6) is -0.925. The molecule has 55 heavy (non-hydrogen) atoms. The Kier molecular flexibility index (Phi) is 22.3. The molecule has 0 atom stereocenters. The minimum Gasteiger partial charge on any atom is -0.870 e. The number of ether oxygens (including phenoxy) is 2. The number of para-hydroxylation sites is 2. The van der Waals surface area contributed by atoms with Gasteiger partial charge in [0.15, 0.2) is 11.5 Å². The van der Waals surface area contributed by atoms with Crippen molar-refractivity contribution in [3.8, 4) is 34.5 Å². The first kappa shape index (κ1) is 48.3. The molecule has 10 nitrogen and oxygen atoms in total.